The summed E-state index contributed by atoms with van der Waals surface area (Å²) in [5.74, 6) is -0.548. The lowest BCUT2D eigenvalue weighted by atomic mass is 10.1. The van der Waals surface area contributed by atoms with E-state index in [0.717, 1.165) is 4.90 Å². The van der Waals surface area contributed by atoms with E-state index in [2.05, 4.69) is 5.32 Å². The fourth-order valence-electron chi connectivity index (χ4n) is 2.55. The molecule has 3 rings (SSSR count). The Labute approximate surface area is 132 Å². The van der Waals surface area contributed by atoms with Crippen LogP contribution in [0.15, 0.2) is 42.5 Å². The Morgan fingerprint density at radius 3 is 2.35 bits per heavy atom. The van der Waals surface area contributed by atoms with Crippen molar-refractivity contribution < 1.29 is 19.1 Å². The van der Waals surface area contributed by atoms with Crippen molar-refractivity contribution in [3.8, 4) is 5.75 Å². The molecule has 3 amide bonds. The third kappa shape index (κ3) is 2.44. The summed E-state index contributed by atoms with van der Waals surface area (Å²) in [5.41, 5.74) is 1.27. The van der Waals surface area contributed by atoms with Gasteiger partial charge in [0.25, 0.3) is 11.8 Å². The maximum Gasteiger partial charge on any atom is 0.268 e. The number of hydrogen-bond donors (Lipinski definition) is 1. The van der Waals surface area contributed by atoms with Crippen LogP contribution in [0, 0.1) is 0 Å². The molecule has 0 fully saturated rings. The Morgan fingerprint density at radius 1 is 1.04 bits per heavy atom. The monoisotopic (exact) mass is 310 g/mol. The van der Waals surface area contributed by atoms with Crippen LogP contribution in [0.2, 0.25) is 0 Å². The van der Waals surface area contributed by atoms with Gasteiger partial charge in [0.1, 0.15) is 5.75 Å². The first-order valence-electron chi connectivity index (χ1n) is 6.96. The summed E-state index contributed by atoms with van der Waals surface area (Å²) in [6.45, 7) is 1.35. The second-order valence-electron chi connectivity index (χ2n) is 5.05. The van der Waals surface area contributed by atoms with E-state index < -0.39 is 11.8 Å². The zero-order chi connectivity index (χ0) is 16.6. The quantitative estimate of drug-likeness (QED) is 0.884. The van der Waals surface area contributed by atoms with E-state index >= 15 is 0 Å². The number of imide groups is 1. The summed E-state index contributed by atoms with van der Waals surface area (Å²) in [5, 5.41) is 2.59. The van der Waals surface area contributed by atoms with E-state index in [9.17, 15) is 14.4 Å². The average molecular weight is 310 g/mol. The molecule has 1 aliphatic heterocycles. The summed E-state index contributed by atoms with van der Waals surface area (Å²) in [7, 11) is 1.54. The highest BCUT2D eigenvalue weighted by Crippen LogP contribution is 2.33. The van der Waals surface area contributed by atoms with Gasteiger partial charge in [0.15, 0.2) is 0 Å². The third-order valence-electron chi connectivity index (χ3n) is 3.56. The minimum Gasteiger partial charge on any atom is -0.497 e. The molecule has 6 nitrogen and oxygen atoms in total. The molecule has 2 aromatic carbocycles. The maximum atomic E-state index is 12.7. The van der Waals surface area contributed by atoms with Crippen LogP contribution in [0.5, 0.6) is 5.75 Å². The number of hydrogen-bond acceptors (Lipinski definition) is 4. The van der Waals surface area contributed by atoms with Crippen LogP contribution in [0.25, 0.3) is 0 Å². The molecule has 0 bridgehead atoms. The topological polar surface area (TPSA) is 75.7 Å². The molecule has 0 aliphatic carbocycles. The van der Waals surface area contributed by atoms with Crippen molar-refractivity contribution in [1.82, 2.24) is 0 Å². The van der Waals surface area contributed by atoms with Crippen LogP contribution in [0.1, 0.15) is 27.6 Å². The molecule has 2 aromatic rings. The third-order valence-corrected chi connectivity index (χ3v) is 3.56. The lowest BCUT2D eigenvalue weighted by Gasteiger charge is -2.14. The molecule has 1 N–H and O–H groups in total. The highest BCUT2D eigenvalue weighted by molar-refractivity contribution is 6.36. The molecule has 6 heteroatoms. The second-order valence-corrected chi connectivity index (χ2v) is 5.05. The van der Waals surface area contributed by atoms with Gasteiger partial charge in [0.2, 0.25) is 5.91 Å². The number of amides is 3. The first-order chi connectivity index (χ1) is 11.0. The minimum atomic E-state index is -0.459. The lowest BCUT2D eigenvalue weighted by Crippen LogP contribution is -2.29. The first-order valence-corrected chi connectivity index (χ1v) is 6.96. The van der Waals surface area contributed by atoms with Crippen LogP contribution in [-0.4, -0.2) is 24.8 Å². The number of carbonyl (C=O) groups is 3. The van der Waals surface area contributed by atoms with Crippen LogP contribution in [0.4, 0.5) is 11.4 Å². The lowest BCUT2D eigenvalue weighted by molar-refractivity contribution is -0.114. The van der Waals surface area contributed by atoms with Gasteiger partial charge in [0.05, 0.1) is 29.6 Å². The standard InChI is InChI=1S/C17H14N2O4/c1-10(20)18-14-5-3-4-13-15(14)17(22)19(16(13)21)11-6-8-12(23-2)9-7-11/h3-9H,1-2H3,(H,18,20). The van der Waals surface area contributed by atoms with Gasteiger partial charge >= 0.3 is 0 Å². The normalized spacial score (nSPS) is 13.0. The van der Waals surface area contributed by atoms with E-state index in [1.165, 1.54) is 14.0 Å². The highest BCUT2D eigenvalue weighted by Gasteiger charge is 2.38. The van der Waals surface area contributed by atoms with Gasteiger partial charge in [-0.3, -0.25) is 14.4 Å². The Morgan fingerprint density at radius 2 is 1.74 bits per heavy atom. The first kappa shape index (κ1) is 14.8. The molecule has 1 heterocycles. The summed E-state index contributed by atoms with van der Waals surface area (Å²) in [6.07, 6.45) is 0. The smallest absolute Gasteiger partial charge is 0.268 e. The number of ether oxygens (including phenoxy) is 1. The molecular formula is C17H14N2O4. The predicted octanol–water partition coefficient (Wildman–Crippen LogP) is 2.45. The van der Waals surface area contributed by atoms with Gasteiger partial charge < -0.3 is 10.1 Å². The maximum absolute atomic E-state index is 12.7. The van der Waals surface area contributed by atoms with Crippen molar-refractivity contribution in [1.29, 1.82) is 0 Å². The predicted molar refractivity (Wildman–Crippen MR) is 84.9 cm³/mol. The molecule has 0 atom stereocenters. The molecule has 23 heavy (non-hydrogen) atoms. The molecule has 1 aliphatic rings. The van der Waals surface area contributed by atoms with E-state index in [4.69, 9.17) is 4.74 Å². The molecule has 0 spiro atoms. The second kappa shape index (κ2) is 5.57. The van der Waals surface area contributed by atoms with Gasteiger partial charge in [-0.25, -0.2) is 4.90 Å². The van der Waals surface area contributed by atoms with Gasteiger partial charge in [0, 0.05) is 6.92 Å². The van der Waals surface area contributed by atoms with Crippen LogP contribution in [-0.2, 0) is 4.79 Å². The molecule has 0 saturated heterocycles. The molecule has 116 valence electrons. The zero-order valence-electron chi connectivity index (χ0n) is 12.6. The highest BCUT2D eigenvalue weighted by atomic mass is 16.5. The molecular weight excluding hydrogens is 296 g/mol. The molecule has 0 radical (unpaired) electrons. The van der Waals surface area contributed by atoms with Crippen molar-refractivity contribution in [2.24, 2.45) is 0 Å². The molecule has 0 aromatic heterocycles. The van der Waals surface area contributed by atoms with Gasteiger partial charge in [-0.05, 0) is 36.4 Å². The van der Waals surface area contributed by atoms with Crippen molar-refractivity contribution in [3.05, 3.63) is 53.6 Å². The largest absolute Gasteiger partial charge is 0.497 e. The van der Waals surface area contributed by atoms with Gasteiger partial charge in [-0.15, -0.1) is 0 Å². The van der Waals surface area contributed by atoms with Crippen LogP contribution < -0.4 is 15.0 Å². The number of rotatable bonds is 3. The summed E-state index contributed by atoms with van der Waals surface area (Å²) >= 11 is 0. The van der Waals surface area contributed by atoms with Crippen molar-refractivity contribution >= 4 is 29.1 Å². The average Bonchev–Trinajstić information content (AvgIpc) is 2.79. The number of benzene rings is 2. The SMILES string of the molecule is COc1ccc(N2C(=O)c3cccc(NC(C)=O)c3C2=O)cc1. The fourth-order valence-corrected chi connectivity index (χ4v) is 2.55. The zero-order valence-corrected chi connectivity index (χ0v) is 12.6. The van der Waals surface area contributed by atoms with Crippen LogP contribution >= 0.6 is 0 Å². The Kier molecular flexibility index (Phi) is 3.57. The van der Waals surface area contributed by atoms with Gasteiger partial charge in [-0.1, -0.05) is 6.07 Å². The minimum absolute atomic E-state index is 0.212. The number of methoxy groups -OCH3 is 1. The van der Waals surface area contributed by atoms with E-state index in [1.807, 2.05) is 0 Å². The fraction of sp³-hybridized carbons (Fsp3) is 0.118. The van der Waals surface area contributed by atoms with Crippen molar-refractivity contribution in [2.75, 3.05) is 17.3 Å². The Balaban J connectivity index is 2.04. The summed E-state index contributed by atoms with van der Waals surface area (Å²) in [4.78, 5) is 37.6. The summed E-state index contributed by atoms with van der Waals surface area (Å²) < 4.78 is 5.07. The Hall–Kier alpha value is -3.15. The Bertz CT molecular complexity index is 812. The van der Waals surface area contributed by atoms with Gasteiger partial charge in [-0.2, -0.15) is 0 Å². The van der Waals surface area contributed by atoms with E-state index in [-0.39, 0.29) is 17.0 Å². The van der Waals surface area contributed by atoms with E-state index in [0.29, 0.717) is 17.1 Å². The number of nitrogens with one attached hydrogen (secondary N) is 1. The van der Waals surface area contributed by atoms with Crippen molar-refractivity contribution in [2.45, 2.75) is 6.92 Å². The molecule has 0 unspecified atom stereocenters. The summed E-state index contributed by atoms with van der Waals surface area (Å²) in [6, 6.07) is 11.4. The number of carbonyl (C=O) groups excluding carboxylic acids is 3. The number of nitrogens with zero attached hydrogens (tertiary/aromatic N) is 1. The number of fused-ring (bicyclic) bond motifs is 1. The van der Waals surface area contributed by atoms with Crippen LogP contribution in [0.3, 0.4) is 0 Å². The molecule has 0 saturated carbocycles. The van der Waals surface area contributed by atoms with Crippen molar-refractivity contribution in [3.63, 3.8) is 0 Å². The van der Waals surface area contributed by atoms with E-state index in [1.54, 1.807) is 42.5 Å². The number of anilines is 2.